The maximum Gasteiger partial charge on any atom is 0.143 e. The van der Waals surface area contributed by atoms with Gasteiger partial charge in [-0.2, -0.15) is 0 Å². The second-order valence-electron chi connectivity index (χ2n) is 13.9. The fourth-order valence-corrected chi connectivity index (χ4v) is 6.96. The van der Waals surface area contributed by atoms with Crippen LogP contribution in [-0.4, -0.2) is 53.6 Å². The molecule has 0 saturated carbocycles. The van der Waals surface area contributed by atoms with Crippen LogP contribution in [-0.2, 0) is 10.3 Å². The van der Waals surface area contributed by atoms with Crippen molar-refractivity contribution in [3.05, 3.63) is 108 Å². The van der Waals surface area contributed by atoms with E-state index in [2.05, 4.69) is 110 Å². The van der Waals surface area contributed by atoms with E-state index in [0.29, 0.717) is 19.7 Å². The molecule has 266 valence electrons. The lowest BCUT2D eigenvalue weighted by Crippen LogP contribution is -2.38. The summed E-state index contributed by atoms with van der Waals surface area (Å²) >= 11 is 0. The van der Waals surface area contributed by atoms with Gasteiger partial charge in [-0.05, 0) is 55.3 Å². The lowest BCUT2D eigenvalue weighted by Gasteiger charge is -2.36. The van der Waals surface area contributed by atoms with E-state index >= 15 is 0 Å². The van der Waals surface area contributed by atoms with Gasteiger partial charge in [0.15, 0.2) is 0 Å². The first-order valence-corrected chi connectivity index (χ1v) is 19.5. The fourth-order valence-electron chi connectivity index (χ4n) is 6.96. The minimum absolute atomic E-state index is 0.330. The third kappa shape index (κ3) is 14.5. The normalized spacial score (nSPS) is 13.2. The van der Waals surface area contributed by atoms with E-state index < -0.39 is 5.60 Å². The zero-order chi connectivity index (χ0) is 34.1. The monoisotopic (exact) mass is 658 g/mol. The van der Waals surface area contributed by atoms with Crippen molar-refractivity contribution in [1.82, 2.24) is 4.90 Å². The molecule has 2 unspecified atom stereocenters. The minimum Gasteiger partial charge on any atom is -0.392 e. The third-order valence-electron chi connectivity index (χ3n) is 9.70. The van der Waals surface area contributed by atoms with Crippen LogP contribution in [0.3, 0.4) is 0 Å². The van der Waals surface area contributed by atoms with Gasteiger partial charge in [0.1, 0.15) is 5.60 Å². The highest BCUT2D eigenvalue weighted by Gasteiger charge is 2.37. The molecule has 2 N–H and O–H groups in total. The van der Waals surface area contributed by atoms with Crippen molar-refractivity contribution < 1.29 is 14.9 Å². The molecular weight excluding hydrogens is 590 g/mol. The zero-order valence-corrected chi connectivity index (χ0v) is 30.4. The van der Waals surface area contributed by atoms with Crippen LogP contribution < -0.4 is 0 Å². The lowest BCUT2D eigenvalue weighted by molar-refractivity contribution is 0.00995. The molecule has 3 aromatic carbocycles. The number of hydrogen-bond donors (Lipinski definition) is 2. The number of aliphatic hydroxyl groups excluding tert-OH is 2. The summed E-state index contributed by atoms with van der Waals surface area (Å²) < 4.78 is 6.99. The van der Waals surface area contributed by atoms with Gasteiger partial charge < -0.3 is 14.9 Å². The number of ether oxygens (including phenoxy) is 1. The molecule has 48 heavy (non-hydrogen) atoms. The van der Waals surface area contributed by atoms with Gasteiger partial charge in [0.2, 0.25) is 0 Å². The molecule has 0 aromatic heterocycles. The first-order valence-electron chi connectivity index (χ1n) is 19.5. The number of aliphatic hydroxyl groups is 2. The highest BCUT2D eigenvalue weighted by atomic mass is 16.5. The molecular formula is C44H67NO3. The van der Waals surface area contributed by atoms with Gasteiger partial charge in [0, 0.05) is 19.7 Å². The maximum absolute atomic E-state index is 10.9. The Morgan fingerprint density at radius 3 is 1.29 bits per heavy atom. The first-order chi connectivity index (χ1) is 23.6. The van der Waals surface area contributed by atoms with Crippen LogP contribution in [0, 0.1) is 0 Å². The lowest BCUT2D eigenvalue weighted by atomic mass is 9.80. The summed E-state index contributed by atoms with van der Waals surface area (Å²) in [5.41, 5.74) is 2.71. The van der Waals surface area contributed by atoms with E-state index in [0.717, 1.165) is 68.2 Å². The Morgan fingerprint density at radius 2 is 0.875 bits per heavy atom. The minimum atomic E-state index is -0.683. The number of benzene rings is 3. The topological polar surface area (TPSA) is 52.9 Å². The molecule has 0 radical (unpaired) electrons. The summed E-state index contributed by atoms with van der Waals surface area (Å²) in [7, 11) is 0. The summed E-state index contributed by atoms with van der Waals surface area (Å²) in [6, 6.07) is 31.8. The van der Waals surface area contributed by atoms with Crippen LogP contribution in [0.15, 0.2) is 91.0 Å². The molecule has 0 aliphatic carbocycles. The molecule has 0 aliphatic rings. The third-order valence-corrected chi connectivity index (χ3v) is 9.70. The van der Waals surface area contributed by atoms with E-state index in [1.807, 2.05) is 0 Å². The summed E-state index contributed by atoms with van der Waals surface area (Å²) in [6.45, 7) is 7.33. The summed E-state index contributed by atoms with van der Waals surface area (Å²) in [5.74, 6) is 0. The molecule has 4 nitrogen and oxygen atoms in total. The van der Waals surface area contributed by atoms with E-state index in [1.54, 1.807) is 0 Å². The second-order valence-corrected chi connectivity index (χ2v) is 13.9. The van der Waals surface area contributed by atoms with Crippen LogP contribution in [0.25, 0.3) is 0 Å². The molecule has 0 bridgehead atoms. The van der Waals surface area contributed by atoms with Gasteiger partial charge in [-0.3, -0.25) is 4.90 Å². The van der Waals surface area contributed by atoms with Crippen LogP contribution in [0.2, 0.25) is 0 Å². The Kier molecular flexibility index (Phi) is 20.5. The summed E-state index contributed by atoms with van der Waals surface area (Å²) in [6.07, 6.45) is 18.9. The van der Waals surface area contributed by atoms with Gasteiger partial charge >= 0.3 is 0 Å². The zero-order valence-electron chi connectivity index (χ0n) is 30.4. The van der Waals surface area contributed by atoms with Crippen LogP contribution in [0.4, 0.5) is 0 Å². The molecule has 0 spiro atoms. The Hall–Kier alpha value is -2.50. The van der Waals surface area contributed by atoms with Crippen molar-refractivity contribution in [2.24, 2.45) is 0 Å². The van der Waals surface area contributed by atoms with Gasteiger partial charge in [-0.25, -0.2) is 0 Å². The van der Waals surface area contributed by atoms with Crippen LogP contribution >= 0.6 is 0 Å². The van der Waals surface area contributed by atoms with E-state index in [-0.39, 0.29) is 12.2 Å². The number of hydrogen-bond acceptors (Lipinski definition) is 4. The molecule has 0 heterocycles. The average molecular weight is 658 g/mol. The van der Waals surface area contributed by atoms with Crippen molar-refractivity contribution in [3.63, 3.8) is 0 Å². The van der Waals surface area contributed by atoms with Crippen LogP contribution in [0.1, 0.15) is 140 Å². The van der Waals surface area contributed by atoms with Gasteiger partial charge in [-0.1, -0.05) is 182 Å². The van der Waals surface area contributed by atoms with Gasteiger partial charge in [-0.15, -0.1) is 0 Å². The van der Waals surface area contributed by atoms with Gasteiger partial charge in [0.25, 0.3) is 0 Å². The van der Waals surface area contributed by atoms with Crippen molar-refractivity contribution in [2.45, 2.75) is 141 Å². The first kappa shape index (κ1) is 39.9. The van der Waals surface area contributed by atoms with Crippen molar-refractivity contribution in [1.29, 1.82) is 0 Å². The smallest absolute Gasteiger partial charge is 0.143 e. The highest BCUT2D eigenvalue weighted by molar-refractivity contribution is 5.47. The van der Waals surface area contributed by atoms with E-state index in [1.165, 1.54) is 64.2 Å². The quantitative estimate of drug-likeness (QED) is 0.0603. The predicted molar refractivity (Wildman–Crippen MR) is 203 cm³/mol. The Balaban J connectivity index is 1.56. The van der Waals surface area contributed by atoms with E-state index in [4.69, 9.17) is 4.74 Å². The van der Waals surface area contributed by atoms with E-state index in [9.17, 15) is 10.2 Å². The standard InChI is InChI=1S/C44H67NO3/c1-3-5-7-9-11-23-33-42(46)37-45(38-43(47)34-24-12-10-8-6-4-2)35-25-16-26-36-48-44(39-27-17-13-18-28-39,40-29-19-14-20-30-40)41-31-21-15-22-32-41/h13-15,17-22,27-32,42-43,46-47H,3-12,16,23-26,33-38H2,1-2H3. The number of unbranched alkanes of at least 4 members (excludes halogenated alkanes) is 12. The fraction of sp³-hybridized carbons (Fsp3) is 0.591. The molecule has 0 fully saturated rings. The Labute approximate surface area is 293 Å². The van der Waals surface area contributed by atoms with Crippen molar-refractivity contribution >= 4 is 0 Å². The molecule has 0 amide bonds. The molecule has 0 aliphatic heterocycles. The van der Waals surface area contributed by atoms with Crippen molar-refractivity contribution in [3.8, 4) is 0 Å². The summed E-state index contributed by atoms with van der Waals surface area (Å²) in [4.78, 5) is 2.33. The number of nitrogens with zero attached hydrogens (tertiary/aromatic N) is 1. The van der Waals surface area contributed by atoms with Crippen LogP contribution in [0.5, 0.6) is 0 Å². The second kappa shape index (κ2) is 24.6. The Bertz CT molecular complexity index is 1030. The van der Waals surface area contributed by atoms with Crippen molar-refractivity contribution in [2.75, 3.05) is 26.2 Å². The predicted octanol–water partition coefficient (Wildman–Crippen LogP) is 10.7. The molecule has 0 saturated heterocycles. The molecule has 2 atom stereocenters. The summed E-state index contributed by atoms with van der Waals surface area (Å²) in [5, 5.41) is 21.9. The largest absolute Gasteiger partial charge is 0.392 e. The number of rotatable bonds is 28. The SMILES string of the molecule is CCCCCCCCC(O)CN(CCCCCOC(c1ccccc1)(c1ccccc1)c1ccccc1)CC(O)CCCCCCCC. The Morgan fingerprint density at radius 1 is 0.500 bits per heavy atom. The molecule has 3 aromatic rings. The molecule has 3 rings (SSSR count). The van der Waals surface area contributed by atoms with Gasteiger partial charge in [0.05, 0.1) is 12.2 Å². The maximum atomic E-state index is 10.9. The highest BCUT2D eigenvalue weighted by Crippen LogP contribution is 2.40. The average Bonchev–Trinajstić information content (AvgIpc) is 3.12. The molecule has 4 heteroatoms.